The molecule has 0 saturated carbocycles. The van der Waals surface area contributed by atoms with Crippen LogP contribution in [0.4, 0.5) is 8.78 Å². The summed E-state index contributed by atoms with van der Waals surface area (Å²) in [4.78, 5) is 17.1. The Labute approximate surface area is 201 Å². The van der Waals surface area contributed by atoms with Crippen LogP contribution in [0.1, 0.15) is 10.4 Å². The van der Waals surface area contributed by atoms with Gasteiger partial charge in [-0.2, -0.15) is 0 Å². The number of carbonyl (C=O) groups excluding carboxylic acids is 1. The van der Waals surface area contributed by atoms with E-state index in [1.54, 1.807) is 12.1 Å². The van der Waals surface area contributed by atoms with Gasteiger partial charge in [-0.25, -0.2) is 13.8 Å². The fourth-order valence-corrected chi connectivity index (χ4v) is 4.16. The fraction of sp³-hybridized carbons (Fsp3) is 0.0400. The van der Waals surface area contributed by atoms with E-state index in [9.17, 15) is 13.6 Å². The normalized spacial score (nSPS) is 11.1. The third-order valence-electron chi connectivity index (χ3n) is 5.06. The van der Waals surface area contributed by atoms with Crippen LogP contribution in [0.5, 0.6) is 0 Å². The number of Topliss-reactive ketones (excluding diaryl/α,β-unsaturated/α-hetero) is 1. The molecule has 0 atom stereocenters. The molecule has 9 heteroatoms. The van der Waals surface area contributed by atoms with E-state index in [-0.39, 0.29) is 28.2 Å². The number of benzene rings is 3. The summed E-state index contributed by atoms with van der Waals surface area (Å²) in [7, 11) is 0. The smallest absolute Gasteiger partial charge is 0.277 e. The van der Waals surface area contributed by atoms with Crippen molar-refractivity contribution in [1.82, 2.24) is 15.2 Å². The number of ketones is 1. The van der Waals surface area contributed by atoms with Gasteiger partial charge in [0.2, 0.25) is 5.89 Å². The Balaban J connectivity index is 1.43. The molecular weight excluding hydrogens is 480 g/mol. The Morgan fingerprint density at radius 3 is 2.53 bits per heavy atom. The number of halogens is 3. The van der Waals surface area contributed by atoms with Crippen LogP contribution in [0.3, 0.4) is 0 Å². The van der Waals surface area contributed by atoms with Crippen LogP contribution in [0.2, 0.25) is 5.02 Å². The molecule has 0 spiro atoms. The van der Waals surface area contributed by atoms with E-state index in [0.717, 1.165) is 40.4 Å². The van der Waals surface area contributed by atoms with Crippen LogP contribution in [0.15, 0.2) is 82.4 Å². The van der Waals surface area contributed by atoms with E-state index in [1.165, 1.54) is 6.07 Å². The topological polar surface area (TPSA) is 68.9 Å². The van der Waals surface area contributed by atoms with Gasteiger partial charge in [-0.15, -0.1) is 10.2 Å². The second-order valence-corrected chi connectivity index (χ2v) is 8.66. The highest BCUT2D eigenvalue weighted by Gasteiger charge is 2.17. The molecule has 5 aromatic rings. The van der Waals surface area contributed by atoms with Crippen LogP contribution in [0.25, 0.3) is 33.6 Å². The van der Waals surface area contributed by atoms with Crippen LogP contribution >= 0.6 is 23.4 Å². The van der Waals surface area contributed by atoms with Crippen molar-refractivity contribution in [2.75, 3.05) is 5.75 Å². The van der Waals surface area contributed by atoms with Crippen molar-refractivity contribution in [3.8, 4) is 22.7 Å². The maximum absolute atomic E-state index is 13.4. The lowest BCUT2D eigenvalue weighted by Gasteiger charge is -2.07. The van der Waals surface area contributed by atoms with Gasteiger partial charge in [0.25, 0.3) is 5.22 Å². The molecule has 0 unspecified atom stereocenters. The Morgan fingerprint density at radius 1 is 0.941 bits per heavy atom. The summed E-state index contributed by atoms with van der Waals surface area (Å²) in [6, 6.07) is 19.8. The molecule has 168 valence electrons. The third kappa shape index (κ3) is 4.55. The molecule has 0 aliphatic carbocycles. The first-order chi connectivity index (χ1) is 16.5. The van der Waals surface area contributed by atoms with E-state index >= 15 is 0 Å². The first-order valence-corrected chi connectivity index (χ1v) is 11.4. The fourth-order valence-electron chi connectivity index (χ4n) is 3.38. The Kier molecular flexibility index (Phi) is 6.08. The number of thioether (sulfide) groups is 1. The molecule has 0 aliphatic heterocycles. The summed E-state index contributed by atoms with van der Waals surface area (Å²) < 4.78 is 32.3. The quantitative estimate of drug-likeness (QED) is 0.190. The molecule has 2 heterocycles. The minimum Gasteiger partial charge on any atom is -0.411 e. The number of para-hydroxylation sites is 1. The number of aromatic nitrogens is 3. The molecule has 0 fully saturated rings. The number of hydrogen-bond donors (Lipinski definition) is 0. The van der Waals surface area contributed by atoms with Gasteiger partial charge in [0.1, 0.15) is 0 Å². The lowest BCUT2D eigenvalue weighted by atomic mass is 10.0. The van der Waals surface area contributed by atoms with Crippen LogP contribution in [-0.2, 0) is 0 Å². The summed E-state index contributed by atoms with van der Waals surface area (Å²) >= 11 is 7.03. The number of hydrogen-bond acceptors (Lipinski definition) is 6. The van der Waals surface area contributed by atoms with Gasteiger partial charge >= 0.3 is 0 Å². The summed E-state index contributed by atoms with van der Waals surface area (Å²) in [6.45, 7) is 0. The van der Waals surface area contributed by atoms with Crippen molar-refractivity contribution >= 4 is 40.0 Å². The minimum absolute atomic E-state index is 0.0684. The maximum atomic E-state index is 13.4. The zero-order valence-corrected chi connectivity index (χ0v) is 18.9. The number of nitrogens with zero attached hydrogens (tertiary/aromatic N) is 3. The van der Waals surface area contributed by atoms with Crippen molar-refractivity contribution in [3.05, 3.63) is 95.0 Å². The second-order valence-electron chi connectivity index (χ2n) is 7.29. The average molecular weight is 494 g/mol. The van der Waals surface area contributed by atoms with E-state index < -0.39 is 11.6 Å². The lowest BCUT2D eigenvalue weighted by Crippen LogP contribution is -2.03. The third-order valence-corrected chi connectivity index (χ3v) is 6.13. The Hall–Kier alpha value is -3.62. The first kappa shape index (κ1) is 22.2. The zero-order chi connectivity index (χ0) is 23.7. The number of carbonyl (C=O) groups is 1. The molecule has 2 aromatic heterocycles. The van der Waals surface area contributed by atoms with Crippen LogP contribution in [-0.4, -0.2) is 26.7 Å². The molecule has 0 bridgehead atoms. The highest BCUT2D eigenvalue weighted by atomic mass is 35.5. The molecule has 0 radical (unpaired) electrons. The van der Waals surface area contributed by atoms with Gasteiger partial charge in [-0.3, -0.25) is 4.79 Å². The molecule has 0 saturated heterocycles. The molecule has 5 rings (SSSR count). The van der Waals surface area contributed by atoms with E-state index in [0.29, 0.717) is 16.3 Å². The van der Waals surface area contributed by atoms with E-state index in [1.807, 2.05) is 42.5 Å². The van der Waals surface area contributed by atoms with E-state index in [2.05, 4.69) is 10.2 Å². The maximum Gasteiger partial charge on any atom is 0.277 e. The average Bonchev–Trinajstić information content (AvgIpc) is 3.33. The van der Waals surface area contributed by atoms with Crippen LogP contribution in [0, 0.1) is 11.6 Å². The van der Waals surface area contributed by atoms with Crippen molar-refractivity contribution in [2.45, 2.75) is 5.22 Å². The van der Waals surface area contributed by atoms with Crippen molar-refractivity contribution < 1.29 is 18.0 Å². The SMILES string of the molecule is O=C(CSc1nnc(-c2cc(-c3ccc(Cl)cc3)nc3ccccc23)o1)c1ccc(F)c(F)c1. The predicted molar refractivity (Wildman–Crippen MR) is 127 cm³/mol. The van der Waals surface area contributed by atoms with Crippen molar-refractivity contribution in [1.29, 1.82) is 0 Å². The Morgan fingerprint density at radius 2 is 1.74 bits per heavy atom. The summed E-state index contributed by atoms with van der Waals surface area (Å²) in [5, 5.41) is 9.83. The summed E-state index contributed by atoms with van der Waals surface area (Å²) in [6.07, 6.45) is 0. The lowest BCUT2D eigenvalue weighted by molar-refractivity contribution is 0.102. The molecule has 34 heavy (non-hydrogen) atoms. The molecule has 0 N–H and O–H groups in total. The largest absolute Gasteiger partial charge is 0.411 e. The van der Waals surface area contributed by atoms with Crippen molar-refractivity contribution in [3.63, 3.8) is 0 Å². The first-order valence-electron chi connectivity index (χ1n) is 10.1. The van der Waals surface area contributed by atoms with E-state index in [4.69, 9.17) is 21.0 Å². The molecular formula is C25H14ClF2N3O2S. The summed E-state index contributed by atoms with van der Waals surface area (Å²) in [5.74, 6) is -2.26. The monoisotopic (exact) mass is 493 g/mol. The van der Waals surface area contributed by atoms with Gasteiger partial charge in [-0.05, 0) is 42.5 Å². The predicted octanol–water partition coefficient (Wildman–Crippen LogP) is 6.86. The Bertz CT molecular complexity index is 1520. The number of pyridine rings is 1. The molecule has 3 aromatic carbocycles. The van der Waals surface area contributed by atoms with Gasteiger partial charge < -0.3 is 4.42 Å². The minimum atomic E-state index is -1.07. The molecule has 0 aliphatic rings. The molecule has 0 amide bonds. The van der Waals surface area contributed by atoms with Crippen LogP contribution < -0.4 is 0 Å². The molecule has 5 nitrogen and oxygen atoms in total. The number of rotatable bonds is 6. The standard InChI is InChI=1S/C25H14ClF2N3O2S/c26-16-8-5-14(6-9-16)22-12-18(17-3-1-2-4-21(17)29-22)24-30-31-25(33-24)34-13-23(32)15-7-10-19(27)20(28)11-15/h1-12H,13H2. The summed E-state index contributed by atoms with van der Waals surface area (Å²) in [5.41, 5.74) is 3.11. The highest BCUT2D eigenvalue weighted by molar-refractivity contribution is 7.99. The highest BCUT2D eigenvalue weighted by Crippen LogP contribution is 2.33. The van der Waals surface area contributed by atoms with Gasteiger partial charge in [0.05, 0.1) is 22.5 Å². The van der Waals surface area contributed by atoms with Gasteiger partial charge in [-0.1, -0.05) is 53.7 Å². The van der Waals surface area contributed by atoms with Gasteiger partial charge in [0, 0.05) is 21.5 Å². The number of fused-ring (bicyclic) bond motifs is 1. The van der Waals surface area contributed by atoms with Gasteiger partial charge in [0.15, 0.2) is 17.4 Å². The van der Waals surface area contributed by atoms with Crippen molar-refractivity contribution in [2.24, 2.45) is 0 Å². The zero-order valence-electron chi connectivity index (χ0n) is 17.3. The second kappa shape index (κ2) is 9.32.